The first-order chi connectivity index (χ1) is 5.91. The molecule has 0 amide bonds. The minimum absolute atomic E-state index is 0.0278. The lowest BCUT2D eigenvalue weighted by Crippen LogP contribution is -2.28. The highest BCUT2D eigenvalue weighted by atomic mass is 32.1. The smallest absolute Gasteiger partial charge is 0.316 e. The summed E-state index contributed by atoms with van der Waals surface area (Å²) in [6.07, 6.45) is -4.40. The van der Waals surface area contributed by atoms with Crippen molar-refractivity contribution in [3.05, 3.63) is 29.8 Å². The zero-order valence-corrected chi connectivity index (χ0v) is 7.44. The molecular formula is C8H8F3NS. The van der Waals surface area contributed by atoms with Crippen molar-refractivity contribution in [1.29, 1.82) is 0 Å². The standard InChI is InChI=1S/C8H8F3NS/c9-8(10,11)7(12)5-2-1-3-6(13)4-5/h1-4,7,13H,12H2. The van der Waals surface area contributed by atoms with Gasteiger partial charge in [0.15, 0.2) is 0 Å². The molecule has 2 N–H and O–H groups in total. The van der Waals surface area contributed by atoms with E-state index in [-0.39, 0.29) is 5.56 Å². The maximum absolute atomic E-state index is 12.1. The topological polar surface area (TPSA) is 26.0 Å². The second kappa shape index (κ2) is 3.59. The summed E-state index contributed by atoms with van der Waals surface area (Å²) in [6.45, 7) is 0. The van der Waals surface area contributed by atoms with Gasteiger partial charge in [0, 0.05) is 4.90 Å². The van der Waals surface area contributed by atoms with Crippen LogP contribution >= 0.6 is 12.6 Å². The molecule has 0 radical (unpaired) electrons. The van der Waals surface area contributed by atoms with Gasteiger partial charge in [0.25, 0.3) is 0 Å². The Bertz CT molecular complexity index is 298. The summed E-state index contributed by atoms with van der Waals surface area (Å²) in [5.41, 5.74) is 5.01. The number of hydrogen-bond donors (Lipinski definition) is 2. The molecule has 13 heavy (non-hydrogen) atoms. The first-order valence-corrected chi connectivity index (χ1v) is 3.97. The number of thiol groups is 1. The monoisotopic (exact) mass is 207 g/mol. The van der Waals surface area contributed by atoms with Crippen molar-refractivity contribution in [3.63, 3.8) is 0 Å². The van der Waals surface area contributed by atoms with Crippen LogP contribution in [-0.4, -0.2) is 6.18 Å². The van der Waals surface area contributed by atoms with Gasteiger partial charge in [-0.1, -0.05) is 12.1 Å². The molecule has 1 aromatic carbocycles. The highest BCUT2D eigenvalue weighted by Crippen LogP contribution is 2.30. The molecule has 0 bridgehead atoms. The van der Waals surface area contributed by atoms with E-state index in [2.05, 4.69) is 12.6 Å². The maximum atomic E-state index is 12.1. The van der Waals surface area contributed by atoms with E-state index in [9.17, 15) is 13.2 Å². The van der Waals surface area contributed by atoms with Crippen molar-refractivity contribution in [1.82, 2.24) is 0 Å². The van der Waals surface area contributed by atoms with E-state index < -0.39 is 12.2 Å². The average molecular weight is 207 g/mol. The summed E-state index contributed by atoms with van der Waals surface area (Å²) in [7, 11) is 0. The molecule has 1 rings (SSSR count). The zero-order chi connectivity index (χ0) is 10.1. The predicted octanol–water partition coefficient (Wildman–Crippen LogP) is 2.54. The van der Waals surface area contributed by atoms with Gasteiger partial charge in [-0.25, -0.2) is 0 Å². The lowest BCUT2D eigenvalue weighted by molar-refractivity contribution is -0.149. The summed E-state index contributed by atoms with van der Waals surface area (Å²) in [6, 6.07) is 3.79. The molecule has 0 aromatic heterocycles. The van der Waals surface area contributed by atoms with Crippen LogP contribution in [0.25, 0.3) is 0 Å². The highest BCUT2D eigenvalue weighted by molar-refractivity contribution is 7.80. The number of halogens is 3. The lowest BCUT2D eigenvalue weighted by Gasteiger charge is -2.15. The molecular weight excluding hydrogens is 199 g/mol. The van der Waals surface area contributed by atoms with Crippen molar-refractivity contribution in [2.45, 2.75) is 17.1 Å². The molecule has 0 aliphatic heterocycles. The molecule has 1 aromatic rings. The first kappa shape index (κ1) is 10.4. The van der Waals surface area contributed by atoms with Gasteiger partial charge < -0.3 is 5.73 Å². The third kappa shape index (κ3) is 2.63. The maximum Gasteiger partial charge on any atom is 0.407 e. The van der Waals surface area contributed by atoms with Gasteiger partial charge in [0.05, 0.1) is 0 Å². The van der Waals surface area contributed by atoms with Crippen LogP contribution in [0.2, 0.25) is 0 Å². The van der Waals surface area contributed by atoms with Crippen molar-refractivity contribution < 1.29 is 13.2 Å². The Hall–Kier alpha value is -0.680. The number of alkyl halides is 3. The highest BCUT2D eigenvalue weighted by Gasteiger charge is 2.37. The van der Waals surface area contributed by atoms with Crippen molar-refractivity contribution in [3.8, 4) is 0 Å². The van der Waals surface area contributed by atoms with Crippen LogP contribution < -0.4 is 5.73 Å². The van der Waals surface area contributed by atoms with Crippen LogP contribution in [0, 0.1) is 0 Å². The summed E-state index contributed by atoms with van der Waals surface area (Å²) in [5.74, 6) is 0. The molecule has 0 fully saturated rings. The minimum atomic E-state index is -4.40. The molecule has 0 aliphatic carbocycles. The Balaban J connectivity index is 2.96. The van der Waals surface area contributed by atoms with Gasteiger partial charge in [0.2, 0.25) is 0 Å². The van der Waals surface area contributed by atoms with E-state index in [4.69, 9.17) is 5.73 Å². The second-order valence-electron chi connectivity index (χ2n) is 2.61. The van der Waals surface area contributed by atoms with Gasteiger partial charge in [-0.3, -0.25) is 0 Å². The van der Waals surface area contributed by atoms with Gasteiger partial charge in [0.1, 0.15) is 6.04 Å². The number of benzene rings is 1. The molecule has 1 nitrogen and oxygen atoms in total. The van der Waals surface area contributed by atoms with E-state index in [0.29, 0.717) is 4.90 Å². The Kier molecular flexibility index (Phi) is 2.87. The zero-order valence-electron chi connectivity index (χ0n) is 6.55. The number of nitrogens with two attached hydrogens (primary N) is 1. The molecule has 1 atom stereocenters. The Labute approximate surface area is 79.2 Å². The Morgan fingerprint density at radius 1 is 1.31 bits per heavy atom. The van der Waals surface area contributed by atoms with Crippen LogP contribution in [0.3, 0.4) is 0 Å². The third-order valence-electron chi connectivity index (χ3n) is 1.58. The van der Waals surface area contributed by atoms with E-state index in [0.717, 1.165) is 0 Å². The molecule has 0 aliphatic rings. The van der Waals surface area contributed by atoms with E-state index in [1.807, 2.05) is 0 Å². The van der Waals surface area contributed by atoms with Gasteiger partial charge in [-0.05, 0) is 17.7 Å². The van der Waals surface area contributed by atoms with E-state index >= 15 is 0 Å². The van der Waals surface area contributed by atoms with Crippen molar-refractivity contribution in [2.24, 2.45) is 5.73 Å². The molecule has 5 heteroatoms. The third-order valence-corrected chi connectivity index (χ3v) is 1.86. The quantitative estimate of drug-likeness (QED) is 0.680. The molecule has 1 unspecified atom stereocenters. The molecule has 72 valence electrons. The van der Waals surface area contributed by atoms with Crippen LogP contribution in [0.4, 0.5) is 13.2 Å². The lowest BCUT2D eigenvalue weighted by atomic mass is 10.1. The van der Waals surface area contributed by atoms with E-state index in [1.165, 1.54) is 18.2 Å². The Morgan fingerprint density at radius 2 is 1.92 bits per heavy atom. The van der Waals surface area contributed by atoms with Gasteiger partial charge in [-0.15, -0.1) is 12.6 Å². The van der Waals surface area contributed by atoms with Crippen molar-refractivity contribution >= 4 is 12.6 Å². The summed E-state index contributed by atoms with van der Waals surface area (Å²) >= 11 is 3.92. The SMILES string of the molecule is NC(c1cccc(S)c1)C(F)(F)F. The molecule has 0 heterocycles. The minimum Gasteiger partial charge on any atom is -0.316 e. The molecule has 0 saturated heterocycles. The summed E-state index contributed by atoms with van der Waals surface area (Å²) < 4.78 is 36.3. The van der Waals surface area contributed by atoms with Gasteiger partial charge >= 0.3 is 6.18 Å². The fraction of sp³-hybridized carbons (Fsp3) is 0.250. The Morgan fingerprint density at radius 3 is 2.38 bits per heavy atom. The fourth-order valence-electron chi connectivity index (χ4n) is 0.907. The summed E-state index contributed by atoms with van der Waals surface area (Å²) in [4.78, 5) is 0.470. The van der Waals surface area contributed by atoms with Gasteiger partial charge in [-0.2, -0.15) is 13.2 Å². The van der Waals surface area contributed by atoms with Crippen molar-refractivity contribution in [2.75, 3.05) is 0 Å². The second-order valence-corrected chi connectivity index (χ2v) is 3.13. The first-order valence-electron chi connectivity index (χ1n) is 3.52. The van der Waals surface area contributed by atoms with Crippen LogP contribution in [0.1, 0.15) is 11.6 Å². The molecule has 0 saturated carbocycles. The fourth-order valence-corrected chi connectivity index (χ4v) is 1.14. The largest absolute Gasteiger partial charge is 0.407 e. The molecule has 0 spiro atoms. The average Bonchev–Trinajstić information content (AvgIpc) is 2.01. The van der Waals surface area contributed by atoms with Crippen LogP contribution in [-0.2, 0) is 0 Å². The normalized spacial score (nSPS) is 14.2. The predicted molar refractivity (Wildman–Crippen MR) is 46.7 cm³/mol. The summed E-state index contributed by atoms with van der Waals surface area (Å²) in [5, 5.41) is 0. The van der Waals surface area contributed by atoms with Crippen LogP contribution in [0.5, 0.6) is 0 Å². The number of hydrogen-bond acceptors (Lipinski definition) is 2. The van der Waals surface area contributed by atoms with E-state index in [1.54, 1.807) is 6.07 Å². The van der Waals surface area contributed by atoms with Crippen LogP contribution in [0.15, 0.2) is 29.2 Å². The number of rotatable bonds is 1.